The molecule has 1 atom stereocenters. The van der Waals surface area contributed by atoms with E-state index in [2.05, 4.69) is 93.7 Å². The zero-order valence-corrected chi connectivity index (χ0v) is 47.0. The molecule has 6 heteroatoms. The molecule has 6 nitrogen and oxygen atoms in total. The number of unbranched alkanes of at least 4 members (excludes halogenated alkanes) is 32. The third-order valence-corrected chi connectivity index (χ3v) is 13.2. The van der Waals surface area contributed by atoms with E-state index in [1.54, 1.807) is 0 Å². The quantitative estimate of drug-likeness (QED) is 0.0261. The van der Waals surface area contributed by atoms with Gasteiger partial charge in [0.15, 0.2) is 6.10 Å². The molecule has 0 N–H and O–H groups in total. The molecule has 0 aliphatic rings. The van der Waals surface area contributed by atoms with Crippen molar-refractivity contribution in [2.24, 2.45) is 0 Å². The maximum absolute atomic E-state index is 12.8. The van der Waals surface area contributed by atoms with E-state index >= 15 is 0 Å². The Morgan fingerprint density at radius 1 is 0.296 bits per heavy atom. The lowest BCUT2D eigenvalue weighted by atomic mass is 10.0. The SMILES string of the molecule is CC/C=C\C/C=C\C/C=C\C/C=C\C/C=C\CCCC(=O)O[C@H](COC(=O)CCCCCCC/C=C\CCCCCCCC)COC(=O)CCCCCCCCCCCCCCCCCCCCCCC. The van der Waals surface area contributed by atoms with Gasteiger partial charge in [-0.2, -0.15) is 0 Å². The lowest BCUT2D eigenvalue weighted by molar-refractivity contribution is -0.167. The van der Waals surface area contributed by atoms with Crippen molar-refractivity contribution in [3.63, 3.8) is 0 Å². The molecular formula is C65H114O6. The van der Waals surface area contributed by atoms with Crippen molar-refractivity contribution < 1.29 is 28.6 Å². The minimum Gasteiger partial charge on any atom is -0.462 e. The Morgan fingerprint density at radius 2 is 0.563 bits per heavy atom. The summed E-state index contributed by atoms with van der Waals surface area (Å²) >= 11 is 0. The van der Waals surface area contributed by atoms with Gasteiger partial charge in [-0.1, -0.05) is 273 Å². The van der Waals surface area contributed by atoms with Gasteiger partial charge in [0, 0.05) is 19.3 Å². The van der Waals surface area contributed by atoms with E-state index < -0.39 is 6.10 Å². The Balaban J connectivity index is 4.41. The van der Waals surface area contributed by atoms with E-state index in [4.69, 9.17) is 14.2 Å². The maximum Gasteiger partial charge on any atom is 0.306 e. The highest BCUT2D eigenvalue weighted by atomic mass is 16.6. The second kappa shape index (κ2) is 59.4. The molecule has 0 aromatic heterocycles. The highest BCUT2D eigenvalue weighted by molar-refractivity contribution is 5.71. The van der Waals surface area contributed by atoms with E-state index in [0.717, 1.165) is 83.5 Å². The lowest BCUT2D eigenvalue weighted by Gasteiger charge is -2.18. The summed E-state index contributed by atoms with van der Waals surface area (Å²) in [6.45, 7) is 6.50. The summed E-state index contributed by atoms with van der Waals surface area (Å²) in [4.78, 5) is 38.2. The van der Waals surface area contributed by atoms with Crippen LogP contribution in [-0.2, 0) is 28.6 Å². The summed E-state index contributed by atoms with van der Waals surface area (Å²) in [6, 6.07) is 0. The van der Waals surface area contributed by atoms with E-state index in [-0.39, 0.29) is 37.5 Å². The Morgan fingerprint density at radius 3 is 0.915 bits per heavy atom. The molecule has 0 unspecified atom stereocenters. The topological polar surface area (TPSA) is 78.9 Å². The van der Waals surface area contributed by atoms with Crippen LogP contribution in [0.1, 0.15) is 303 Å². The van der Waals surface area contributed by atoms with Crippen molar-refractivity contribution in [3.05, 3.63) is 72.9 Å². The first-order valence-corrected chi connectivity index (χ1v) is 30.4. The van der Waals surface area contributed by atoms with Crippen LogP contribution < -0.4 is 0 Å². The zero-order chi connectivity index (χ0) is 51.4. The Hall–Kier alpha value is -3.15. The molecule has 0 aliphatic heterocycles. The molecule has 71 heavy (non-hydrogen) atoms. The molecule has 410 valence electrons. The van der Waals surface area contributed by atoms with E-state index in [1.165, 1.54) is 173 Å². The summed E-state index contributed by atoms with van der Waals surface area (Å²) in [5.74, 6) is -0.953. The van der Waals surface area contributed by atoms with Crippen molar-refractivity contribution in [2.75, 3.05) is 13.2 Å². The minimum absolute atomic E-state index is 0.0979. The second-order valence-corrected chi connectivity index (χ2v) is 20.2. The third kappa shape index (κ3) is 57.6. The van der Waals surface area contributed by atoms with Gasteiger partial charge in [0.1, 0.15) is 13.2 Å². The standard InChI is InChI=1S/C65H114O6/c1-4-7-10-13-16-19-22-25-28-30-31-32-33-35-37-40-43-46-49-52-55-58-64(67)70-61-62(60-69-63(66)57-54-51-48-45-42-39-36-27-24-21-18-15-12-9-6-3)71-65(68)59-56-53-50-47-44-41-38-34-29-26-23-20-17-14-11-8-5-2/h8,11,17,20,26-27,29,36,38,41,47,50,62H,4-7,9-10,12-16,18-19,21-25,28,30-35,37,39-40,42-46,48-49,51-61H2,1-3H3/b11-8-,20-17-,29-26-,36-27-,41-38-,50-47-/t62-/m1/s1. The largest absolute Gasteiger partial charge is 0.462 e. The minimum atomic E-state index is -0.807. The Kier molecular flexibility index (Phi) is 56.8. The van der Waals surface area contributed by atoms with Gasteiger partial charge in [-0.15, -0.1) is 0 Å². The zero-order valence-electron chi connectivity index (χ0n) is 47.0. The number of hydrogen-bond acceptors (Lipinski definition) is 6. The van der Waals surface area contributed by atoms with Crippen LogP contribution in [0.4, 0.5) is 0 Å². The molecule has 0 bridgehead atoms. The smallest absolute Gasteiger partial charge is 0.306 e. The average Bonchev–Trinajstić information content (AvgIpc) is 3.37. The molecule has 0 radical (unpaired) electrons. The Labute approximate surface area is 440 Å². The van der Waals surface area contributed by atoms with Gasteiger partial charge in [0.05, 0.1) is 0 Å². The molecule has 0 saturated heterocycles. The van der Waals surface area contributed by atoms with Crippen LogP contribution in [0.5, 0.6) is 0 Å². The first-order valence-electron chi connectivity index (χ1n) is 30.4. The van der Waals surface area contributed by atoms with E-state index in [0.29, 0.717) is 19.3 Å². The van der Waals surface area contributed by atoms with Gasteiger partial charge in [-0.3, -0.25) is 14.4 Å². The molecule has 0 spiro atoms. The maximum atomic E-state index is 12.8. The summed E-state index contributed by atoms with van der Waals surface area (Å²) in [5, 5.41) is 0. The first kappa shape index (κ1) is 67.8. The number of hydrogen-bond donors (Lipinski definition) is 0. The molecule has 0 aliphatic carbocycles. The van der Waals surface area contributed by atoms with E-state index in [9.17, 15) is 14.4 Å². The van der Waals surface area contributed by atoms with Crippen LogP contribution in [0.25, 0.3) is 0 Å². The monoisotopic (exact) mass is 991 g/mol. The number of ether oxygens (including phenoxy) is 3. The van der Waals surface area contributed by atoms with Crippen LogP contribution in [0, 0.1) is 0 Å². The van der Waals surface area contributed by atoms with Crippen molar-refractivity contribution in [1.29, 1.82) is 0 Å². The van der Waals surface area contributed by atoms with Crippen molar-refractivity contribution in [1.82, 2.24) is 0 Å². The van der Waals surface area contributed by atoms with Crippen molar-refractivity contribution in [3.8, 4) is 0 Å². The molecular weight excluding hydrogens is 877 g/mol. The normalized spacial score (nSPS) is 12.5. The third-order valence-electron chi connectivity index (χ3n) is 13.2. The fourth-order valence-electron chi connectivity index (χ4n) is 8.65. The van der Waals surface area contributed by atoms with Gasteiger partial charge in [-0.05, 0) is 83.5 Å². The van der Waals surface area contributed by atoms with Crippen LogP contribution in [0.3, 0.4) is 0 Å². The highest BCUT2D eigenvalue weighted by Crippen LogP contribution is 2.17. The van der Waals surface area contributed by atoms with Crippen molar-refractivity contribution in [2.45, 2.75) is 309 Å². The fourth-order valence-corrected chi connectivity index (χ4v) is 8.65. The predicted octanol–water partition coefficient (Wildman–Crippen LogP) is 20.5. The van der Waals surface area contributed by atoms with Crippen LogP contribution in [0.15, 0.2) is 72.9 Å². The first-order chi connectivity index (χ1) is 35.0. The van der Waals surface area contributed by atoms with Gasteiger partial charge in [0.2, 0.25) is 0 Å². The molecule has 0 saturated carbocycles. The molecule has 0 aromatic carbocycles. The summed E-state index contributed by atoms with van der Waals surface area (Å²) < 4.78 is 16.8. The number of carbonyl (C=O) groups is 3. The number of allylic oxidation sites excluding steroid dienone is 12. The average molecular weight is 992 g/mol. The van der Waals surface area contributed by atoms with Crippen molar-refractivity contribution >= 4 is 17.9 Å². The molecule has 0 aromatic rings. The van der Waals surface area contributed by atoms with Gasteiger partial charge >= 0.3 is 17.9 Å². The number of carbonyl (C=O) groups excluding carboxylic acids is 3. The second-order valence-electron chi connectivity index (χ2n) is 20.2. The Bertz CT molecular complexity index is 1320. The fraction of sp³-hybridized carbons (Fsp3) is 0.769. The predicted molar refractivity (Wildman–Crippen MR) is 307 cm³/mol. The number of esters is 3. The van der Waals surface area contributed by atoms with Gasteiger partial charge < -0.3 is 14.2 Å². The van der Waals surface area contributed by atoms with Gasteiger partial charge in [-0.25, -0.2) is 0 Å². The molecule has 0 heterocycles. The highest BCUT2D eigenvalue weighted by Gasteiger charge is 2.19. The van der Waals surface area contributed by atoms with Crippen LogP contribution >= 0.6 is 0 Å². The van der Waals surface area contributed by atoms with E-state index in [1.807, 2.05) is 0 Å². The number of rotatable bonds is 55. The van der Waals surface area contributed by atoms with Crippen LogP contribution in [0.2, 0.25) is 0 Å². The summed E-state index contributed by atoms with van der Waals surface area (Å²) in [7, 11) is 0. The summed E-state index contributed by atoms with van der Waals surface area (Å²) in [5.41, 5.74) is 0. The molecule has 0 amide bonds. The summed E-state index contributed by atoms with van der Waals surface area (Å²) in [6.07, 6.45) is 76.2. The van der Waals surface area contributed by atoms with Gasteiger partial charge in [0.25, 0.3) is 0 Å². The molecule has 0 rings (SSSR count). The van der Waals surface area contributed by atoms with Crippen LogP contribution in [-0.4, -0.2) is 37.2 Å². The molecule has 0 fully saturated rings. The lowest BCUT2D eigenvalue weighted by Crippen LogP contribution is -2.30.